The quantitative estimate of drug-likeness (QED) is 0.722. The average molecular weight is 335 g/mol. The van der Waals surface area contributed by atoms with Crippen molar-refractivity contribution >= 4 is 22.6 Å². The van der Waals surface area contributed by atoms with E-state index in [2.05, 4.69) is 10.3 Å². The van der Waals surface area contributed by atoms with Crippen LogP contribution in [0.4, 0.5) is 0 Å². The van der Waals surface area contributed by atoms with Crippen molar-refractivity contribution in [2.24, 2.45) is 0 Å². The number of carbonyl (C=O) groups is 2. The van der Waals surface area contributed by atoms with E-state index in [1.54, 1.807) is 42.5 Å². The van der Waals surface area contributed by atoms with E-state index in [1.165, 1.54) is 17.8 Å². The van der Waals surface area contributed by atoms with Gasteiger partial charge in [0.25, 0.3) is 5.56 Å². The first-order chi connectivity index (χ1) is 12.0. The zero-order chi connectivity index (χ0) is 17.8. The largest absolute Gasteiger partial charge is 0.352 e. The van der Waals surface area contributed by atoms with Gasteiger partial charge in [-0.25, -0.2) is 4.98 Å². The van der Waals surface area contributed by atoms with Crippen LogP contribution in [0.2, 0.25) is 0 Å². The third kappa shape index (κ3) is 3.80. The molecule has 126 valence electrons. The van der Waals surface area contributed by atoms with Crippen LogP contribution in [0.1, 0.15) is 22.8 Å². The van der Waals surface area contributed by atoms with Crippen LogP contribution >= 0.6 is 0 Å². The zero-order valence-corrected chi connectivity index (χ0v) is 13.7. The summed E-state index contributed by atoms with van der Waals surface area (Å²) in [5.41, 5.74) is 1.78. The summed E-state index contributed by atoms with van der Waals surface area (Å²) in [6.45, 7) is 1.80. The van der Waals surface area contributed by atoms with E-state index < -0.39 is 0 Å². The highest BCUT2D eigenvalue weighted by molar-refractivity contribution is 5.96. The number of Topliss-reactive ketones (excluding diaryl/α,β-unsaturated/α-hetero) is 1. The Labute approximate surface area is 144 Å². The normalized spacial score (nSPS) is 10.6. The molecule has 0 atom stereocenters. The summed E-state index contributed by atoms with van der Waals surface area (Å²) in [4.78, 5) is 40.0. The molecule has 0 fully saturated rings. The van der Waals surface area contributed by atoms with E-state index >= 15 is 0 Å². The van der Waals surface area contributed by atoms with E-state index in [0.29, 0.717) is 23.0 Å². The van der Waals surface area contributed by atoms with Crippen molar-refractivity contribution in [3.63, 3.8) is 0 Å². The fourth-order valence-corrected chi connectivity index (χ4v) is 2.50. The molecule has 0 bridgehead atoms. The maximum Gasteiger partial charge on any atom is 0.261 e. The maximum atomic E-state index is 12.4. The Morgan fingerprint density at radius 1 is 1.08 bits per heavy atom. The molecule has 1 N–H and O–H groups in total. The SMILES string of the molecule is CC(=O)NCc1ccc(C(=O)Cn2cnc3ccccc3c2=O)cc1. The predicted molar refractivity (Wildman–Crippen MR) is 94.3 cm³/mol. The van der Waals surface area contributed by atoms with Crippen LogP contribution in [0.3, 0.4) is 0 Å². The van der Waals surface area contributed by atoms with Gasteiger partial charge < -0.3 is 5.32 Å². The third-order valence-electron chi connectivity index (χ3n) is 3.86. The van der Waals surface area contributed by atoms with E-state index in [1.807, 2.05) is 6.07 Å². The van der Waals surface area contributed by atoms with E-state index in [0.717, 1.165) is 5.56 Å². The first kappa shape index (κ1) is 16.6. The molecular formula is C19H17N3O3. The second-order valence-electron chi connectivity index (χ2n) is 5.72. The first-order valence-electron chi connectivity index (χ1n) is 7.85. The minimum Gasteiger partial charge on any atom is -0.352 e. The summed E-state index contributed by atoms with van der Waals surface area (Å²) < 4.78 is 1.32. The maximum absolute atomic E-state index is 12.4. The molecule has 6 nitrogen and oxygen atoms in total. The second-order valence-corrected chi connectivity index (χ2v) is 5.72. The van der Waals surface area contributed by atoms with Crippen molar-refractivity contribution in [1.82, 2.24) is 14.9 Å². The lowest BCUT2D eigenvalue weighted by molar-refractivity contribution is -0.119. The highest BCUT2D eigenvalue weighted by Gasteiger charge is 2.10. The topological polar surface area (TPSA) is 81.1 Å². The van der Waals surface area contributed by atoms with E-state index in [4.69, 9.17) is 0 Å². The van der Waals surface area contributed by atoms with Crippen molar-refractivity contribution in [1.29, 1.82) is 0 Å². The van der Waals surface area contributed by atoms with Crippen LogP contribution in [-0.4, -0.2) is 21.2 Å². The van der Waals surface area contributed by atoms with Gasteiger partial charge in [0.1, 0.15) is 0 Å². The van der Waals surface area contributed by atoms with Gasteiger partial charge in [0.05, 0.1) is 23.8 Å². The molecule has 0 aliphatic carbocycles. The molecular weight excluding hydrogens is 318 g/mol. The van der Waals surface area contributed by atoms with Crippen LogP contribution in [0.15, 0.2) is 59.7 Å². The molecule has 0 unspecified atom stereocenters. The van der Waals surface area contributed by atoms with Crippen molar-refractivity contribution in [2.45, 2.75) is 20.0 Å². The molecule has 6 heteroatoms. The van der Waals surface area contributed by atoms with Crippen molar-refractivity contribution < 1.29 is 9.59 Å². The molecule has 2 aromatic carbocycles. The number of nitrogens with one attached hydrogen (secondary N) is 1. The second kappa shape index (κ2) is 7.09. The Morgan fingerprint density at radius 3 is 2.52 bits per heavy atom. The molecule has 0 aliphatic heterocycles. The van der Waals surface area contributed by atoms with Gasteiger partial charge in [0.2, 0.25) is 5.91 Å². The van der Waals surface area contributed by atoms with Crippen molar-refractivity contribution in [2.75, 3.05) is 0 Å². The average Bonchev–Trinajstić information content (AvgIpc) is 2.63. The van der Waals surface area contributed by atoms with Gasteiger partial charge >= 0.3 is 0 Å². The molecule has 0 saturated heterocycles. The molecule has 0 spiro atoms. The number of hydrogen-bond donors (Lipinski definition) is 1. The van der Waals surface area contributed by atoms with Crippen LogP contribution in [0.25, 0.3) is 10.9 Å². The van der Waals surface area contributed by atoms with Crippen molar-refractivity contribution in [3.05, 3.63) is 76.3 Å². The number of carbonyl (C=O) groups excluding carboxylic acids is 2. The Hall–Kier alpha value is -3.28. The van der Waals surface area contributed by atoms with Gasteiger partial charge in [-0.2, -0.15) is 0 Å². The minimum absolute atomic E-state index is 0.0677. The summed E-state index contributed by atoms with van der Waals surface area (Å²) in [6.07, 6.45) is 1.40. The van der Waals surface area contributed by atoms with Crippen LogP contribution in [0.5, 0.6) is 0 Å². The number of hydrogen-bond acceptors (Lipinski definition) is 4. The molecule has 25 heavy (non-hydrogen) atoms. The highest BCUT2D eigenvalue weighted by Crippen LogP contribution is 2.08. The number of nitrogens with zero attached hydrogens (tertiary/aromatic N) is 2. The van der Waals surface area contributed by atoms with Crippen LogP contribution in [-0.2, 0) is 17.9 Å². The fraction of sp³-hybridized carbons (Fsp3) is 0.158. The Balaban J connectivity index is 1.77. The summed E-state index contributed by atoms with van der Waals surface area (Å²) in [5, 5.41) is 3.19. The number of aromatic nitrogens is 2. The van der Waals surface area contributed by atoms with Gasteiger partial charge in [0, 0.05) is 19.0 Å². The van der Waals surface area contributed by atoms with Gasteiger partial charge in [-0.15, -0.1) is 0 Å². The lowest BCUT2D eigenvalue weighted by atomic mass is 10.1. The summed E-state index contributed by atoms with van der Waals surface area (Å²) in [7, 11) is 0. The lowest BCUT2D eigenvalue weighted by Crippen LogP contribution is -2.24. The Kier molecular flexibility index (Phi) is 4.70. The smallest absolute Gasteiger partial charge is 0.261 e. The standard InChI is InChI=1S/C19H17N3O3/c1-13(23)20-10-14-6-8-15(9-7-14)18(24)11-22-12-21-17-5-3-2-4-16(17)19(22)25/h2-9,12H,10-11H2,1H3,(H,20,23). The van der Waals surface area contributed by atoms with Gasteiger partial charge in [-0.05, 0) is 17.7 Å². The summed E-state index contributed by atoms with van der Waals surface area (Å²) in [5.74, 6) is -0.284. The number of fused-ring (bicyclic) bond motifs is 1. The third-order valence-corrected chi connectivity index (χ3v) is 3.86. The monoisotopic (exact) mass is 335 g/mol. The Bertz CT molecular complexity index is 991. The molecule has 3 aromatic rings. The number of rotatable bonds is 5. The zero-order valence-electron chi connectivity index (χ0n) is 13.7. The number of para-hydroxylation sites is 1. The van der Waals surface area contributed by atoms with Crippen molar-refractivity contribution in [3.8, 4) is 0 Å². The molecule has 3 rings (SSSR count). The van der Waals surface area contributed by atoms with Gasteiger partial charge in [0.15, 0.2) is 5.78 Å². The number of amides is 1. The van der Waals surface area contributed by atoms with E-state index in [-0.39, 0.29) is 23.8 Å². The van der Waals surface area contributed by atoms with Crippen LogP contribution in [0, 0.1) is 0 Å². The lowest BCUT2D eigenvalue weighted by Gasteiger charge is -2.07. The summed E-state index contributed by atoms with van der Waals surface area (Å²) >= 11 is 0. The minimum atomic E-state index is -0.235. The van der Waals surface area contributed by atoms with Gasteiger partial charge in [-0.1, -0.05) is 36.4 Å². The van der Waals surface area contributed by atoms with E-state index in [9.17, 15) is 14.4 Å². The predicted octanol–water partition coefficient (Wildman–Crippen LogP) is 1.92. The molecule has 1 amide bonds. The molecule has 1 heterocycles. The first-order valence-corrected chi connectivity index (χ1v) is 7.85. The molecule has 1 aromatic heterocycles. The number of ketones is 1. The van der Waals surface area contributed by atoms with Crippen LogP contribution < -0.4 is 10.9 Å². The molecule has 0 aliphatic rings. The summed E-state index contributed by atoms with van der Waals surface area (Å²) in [6, 6.07) is 14.0. The fourth-order valence-electron chi connectivity index (χ4n) is 2.50. The molecule has 0 radical (unpaired) electrons. The number of benzene rings is 2. The Morgan fingerprint density at radius 2 is 1.80 bits per heavy atom. The van der Waals surface area contributed by atoms with Gasteiger partial charge in [-0.3, -0.25) is 19.0 Å². The highest BCUT2D eigenvalue weighted by atomic mass is 16.1. The molecule has 0 saturated carbocycles.